The van der Waals surface area contributed by atoms with Gasteiger partial charge in [0.2, 0.25) is 0 Å². The lowest BCUT2D eigenvalue weighted by Gasteiger charge is -2.04. The molecule has 1 aromatic rings. The van der Waals surface area contributed by atoms with Crippen LogP contribution in [0, 0.1) is 0 Å². The second kappa shape index (κ2) is 3.93. The summed E-state index contributed by atoms with van der Waals surface area (Å²) in [4.78, 5) is 11.5. The molecule has 1 aliphatic rings. The van der Waals surface area contributed by atoms with E-state index < -0.39 is 0 Å². The third-order valence-electron chi connectivity index (χ3n) is 2.54. The van der Waals surface area contributed by atoms with Gasteiger partial charge in [0, 0.05) is 11.7 Å². The number of anilines is 1. The Morgan fingerprint density at radius 2 is 2.40 bits per heavy atom. The molecule has 0 saturated carbocycles. The number of benzene rings is 1. The molecule has 2 rings (SSSR count). The van der Waals surface area contributed by atoms with Crippen LogP contribution in [0.25, 0.3) is 0 Å². The van der Waals surface area contributed by atoms with Crippen molar-refractivity contribution in [3.8, 4) is 0 Å². The molecule has 0 fully saturated rings. The summed E-state index contributed by atoms with van der Waals surface area (Å²) in [6.07, 6.45) is 0.975. The Morgan fingerprint density at radius 3 is 3.13 bits per heavy atom. The van der Waals surface area contributed by atoms with Gasteiger partial charge in [-0.1, -0.05) is 0 Å². The highest BCUT2D eigenvalue weighted by Crippen LogP contribution is 2.26. The quantitative estimate of drug-likeness (QED) is 0.752. The molecule has 1 atom stereocenters. The second-order valence-electron chi connectivity index (χ2n) is 3.84. The summed E-state index contributed by atoms with van der Waals surface area (Å²) in [6.45, 7) is 4.36. The molecule has 0 saturated heterocycles. The molecule has 3 nitrogen and oxygen atoms in total. The molecule has 0 aliphatic carbocycles. The van der Waals surface area contributed by atoms with Gasteiger partial charge in [0.25, 0.3) is 0 Å². The fourth-order valence-electron chi connectivity index (χ4n) is 1.89. The van der Waals surface area contributed by atoms with E-state index in [4.69, 9.17) is 4.74 Å². The van der Waals surface area contributed by atoms with Crippen molar-refractivity contribution in [2.24, 2.45) is 0 Å². The number of ether oxygens (including phenoxy) is 1. The van der Waals surface area contributed by atoms with Gasteiger partial charge in [-0.05, 0) is 44.0 Å². The molecule has 15 heavy (non-hydrogen) atoms. The summed E-state index contributed by atoms with van der Waals surface area (Å²) < 4.78 is 4.96. The molecule has 0 aromatic heterocycles. The smallest absolute Gasteiger partial charge is 0.338 e. The average molecular weight is 205 g/mol. The fourth-order valence-corrected chi connectivity index (χ4v) is 1.89. The molecule has 80 valence electrons. The van der Waals surface area contributed by atoms with Crippen LogP contribution in [0.5, 0.6) is 0 Å². The normalized spacial score (nSPS) is 18.1. The molecule has 1 heterocycles. The van der Waals surface area contributed by atoms with Gasteiger partial charge in [0.15, 0.2) is 0 Å². The monoisotopic (exact) mass is 205 g/mol. The van der Waals surface area contributed by atoms with E-state index in [-0.39, 0.29) is 5.97 Å². The zero-order chi connectivity index (χ0) is 10.8. The van der Waals surface area contributed by atoms with E-state index in [2.05, 4.69) is 12.2 Å². The minimum absolute atomic E-state index is 0.236. The molecular formula is C12H15NO2. The summed E-state index contributed by atoms with van der Waals surface area (Å²) in [7, 11) is 0. The van der Waals surface area contributed by atoms with E-state index in [0.29, 0.717) is 18.2 Å². The van der Waals surface area contributed by atoms with Crippen LogP contribution in [0.2, 0.25) is 0 Å². The van der Waals surface area contributed by atoms with Crippen LogP contribution >= 0.6 is 0 Å². The largest absolute Gasteiger partial charge is 0.462 e. The number of fused-ring (bicyclic) bond motifs is 1. The zero-order valence-corrected chi connectivity index (χ0v) is 9.04. The average Bonchev–Trinajstić information content (AvgIpc) is 2.57. The van der Waals surface area contributed by atoms with Crippen molar-refractivity contribution in [2.75, 3.05) is 11.9 Å². The highest BCUT2D eigenvalue weighted by molar-refractivity contribution is 5.90. The van der Waals surface area contributed by atoms with Gasteiger partial charge < -0.3 is 10.1 Å². The van der Waals surface area contributed by atoms with Crippen LogP contribution in [0.3, 0.4) is 0 Å². The fraction of sp³-hybridized carbons (Fsp3) is 0.417. The Hall–Kier alpha value is -1.51. The second-order valence-corrected chi connectivity index (χ2v) is 3.84. The van der Waals surface area contributed by atoms with E-state index in [1.807, 2.05) is 25.1 Å². The lowest BCUT2D eigenvalue weighted by atomic mass is 10.1. The van der Waals surface area contributed by atoms with Crippen LogP contribution in [-0.4, -0.2) is 18.6 Å². The van der Waals surface area contributed by atoms with Gasteiger partial charge in [-0.3, -0.25) is 0 Å². The minimum Gasteiger partial charge on any atom is -0.462 e. The highest BCUT2D eigenvalue weighted by Gasteiger charge is 2.18. The first-order valence-electron chi connectivity index (χ1n) is 5.27. The summed E-state index contributed by atoms with van der Waals surface area (Å²) in [5, 5.41) is 3.34. The van der Waals surface area contributed by atoms with Crippen molar-refractivity contribution in [1.82, 2.24) is 0 Å². The lowest BCUT2D eigenvalue weighted by molar-refractivity contribution is 0.0526. The lowest BCUT2D eigenvalue weighted by Crippen LogP contribution is -2.08. The Balaban J connectivity index is 2.23. The number of rotatable bonds is 2. The summed E-state index contributed by atoms with van der Waals surface area (Å²) in [6, 6.07) is 6.13. The summed E-state index contributed by atoms with van der Waals surface area (Å²) in [5.41, 5.74) is 2.98. The maximum Gasteiger partial charge on any atom is 0.338 e. The molecule has 1 aliphatic heterocycles. The molecule has 1 aromatic carbocycles. The summed E-state index contributed by atoms with van der Waals surface area (Å²) in [5.74, 6) is -0.236. The van der Waals surface area contributed by atoms with Gasteiger partial charge in [-0.25, -0.2) is 4.79 Å². The highest BCUT2D eigenvalue weighted by atomic mass is 16.5. The molecule has 3 heteroatoms. The van der Waals surface area contributed by atoms with Crippen LogP contribution in [-0.2, 0) is 11.2 Å². The van der Waals surface area contributed by atoms with Crippen molar-refractivity contribution in [2.45, 2.75) is 26.3 Å². The van der Waals surface area contributed by atoms with Crippen molar-refractivity contribution < 1.29 is 9.53 Å². The Kier molecular flexibility index (Phi) is 2.62. The van der Waals surface area contributed by atoms with Crippen LogP contribution in [0.4, 0.5) is 5.69 Å². The molecule has 0 amide bonds. The van der Waals surface area contributed by atoms with E-state index in [1.165, 1.54) is 5.56 Å². The molecule has 0 unspecified atom stereocenters. The number of hydrogen-bond donors (Lipinski definition) is 1. The van der Waals surface area contributed by atoms with Crippen LogP contribution in [0.1, 0.15) is 29.8 Å². The van der Waals surface area contributed by atoms with Gasteiger partial charge in [-0.15, -0.1) is 0 Å². The van der Waals surface area contributed by atoms with E-state index in [1.54, 1.807) is 0 Å². The van der Waals surface area contributed by atoms with E-state index >= 15 is 0 Å². The molecular weight excluding hydrogens is 190 g/mol. The Morgan fingerprint density at radius 1 is 1.60 bits per heavy atom. The van der Waals surface area contributed by atoms with Gasteiger partial charge in [-0.2, -0.15) is 0 Å². The zero-order valence-electron chi connectivity index (χ0n) is 9.04. The molecule has 0 spiro atoms. The van der Waals surface area contributed by atoms with Crippen molar-refractivity contribution in [1.29, 1.82) is 0 Å². The number of nitrogens with one attached hydrogen (secondary N) is 1. The topological polar surface area (TPSA) is 38.3 Å². The molecule has 0 bridgehead atoms. The Bertz CT molecular complexity index is 387. The maximum absolute atomic E-state index is 11.5. The maximum atomic E-state index is 11.5. The number of carbonyl (C=O) groups is 1. The summed E-state index contributed by atoms with van der Waals surface area (Å²) >= 11 is 0. The minimum atomic E-state index is -0.236. The van der Waals surface area contributed by atoms with Crippen molar-refractivity contribution in [3.05, 3.63) is 29.3 Å². The van der Waals surface area contributed by atoms with E-state index in [9.17, 15) is 4.79 Å². The SMILES string of the molecule is CCOC(=O)c1ccc2c(c1)C[C@@H](C)N2. The number of hydrogen-bond acceptors (Lipinski definition) is 3. The van der Waals surface area contributed by atoms with Crippen LogP contribution in [0.15, 0.2) is 18.2 Å². The number of carbonyl (C=O) groups excluding carboxylic acids is 1. The third kappa shape index (κ3) is 1.96. The predicted octanol–water partition coefficient (Wildman–Crippen LogP) is 2.22. The van der Waals surface area contributed by atoms with Gasteiger partial charge in [0.1, 0.15) is 0 Å². The van der Waals surface area contributed by atoms with Crippen molar-refractivity contribution >= 4 is 11.7 Å². The van der Waals surface area contributed by atoms with Gasteiger partial charge >= 0.3 is 5.97 Å². The predicted molar refractivity (Wildman–Crippen MR) is 59.2 cm³/mol. The number of esters is 1. The standard InChI is InChI=1S/C12H15NO2/c1-3-15-12(14)9-4-5-11-10(7-9)6-8(2)13-11/h4-5,7-8,13H,3,6H2,1-2H3/t8-/m1/s1. The third-order valence-corrected chi connectivity index (χ3v) is 2.54. The molecule has 0 radical (unpaired) electrons. The van der Waals surface area contributed by atoms with Gasteiger partial charge in [0.05, 0.1) is 12.2 Å². The Labute approximate surface area is 89.4 Å². The molecule has 1 N–H and O–H groups in total. The first-order chi connectivity index (χ1) is 7.20. The van der Waals surface area contributed by atoms with Crippen LogP contribution < -0.4 is 5.32 Å². The van der Waals surface area contributed by atoms with E-state index in [0.717, 1.165) is 12.1 Å². The van der Waals surface area contributed by atoms with Crippen molar-refractivity contribution in [3.63, 3.8) is 0 Å². The first-order valence-corrected chi connectivity index (χ1v) is 5.27. The first kappa shape index (κ1) is 10.0.